The molecule has 0 aliphatic rings. The Kier molecular flexibility index (Phi) is 7.15. The lowest BCUT2D eigenvalue weighted by Crippen LogP contribution is -2.14. The van der Waals surface area contributed by atoms with Gasteiger partial charge in [0.25, 0.3) is 0 Å². The zero-order valence-corrected chi connectivity index (χ0v) is 16.0. The molecule has 0 aromatic heterocycles. The standard InChI is InChI=1S/C18H18ClF2NO4S/c1-12-11-13(19)4-9-16(12)26-10-2-3-17(23)22-14-5-7-15(8-6-14)27(24,25)18(20)21/h4-9,11,18H,2-3,10H2,1H3,(H,22,23). The average Bonchev–Trinajstić information content (AvgIpc) is 2.60. The molecule has 0 spiro atoms. The number of ether oxygens (including phenoxy) is 1. The predicted octanol–water partition coefficient (Wildman–Crippen LogP) is 4.44. The monoisotopic (exact) mass is 417 g/mol. The number of hydrogen-bond donors (Lipinski definition) is 1. The van der Waals surface area contributed by atoms with Crippen LogP contribution in [0.15, 0.2) is 47.4 Å². The van der Waals surface area contributed by atoms with Crippen molar-refractivity contribution in [2.24, 2.45) is 0 Å². The number of nitrogens with one attached hydrogen (secondary N) is 1. The minimum Gasteiger partial charge on any atom is -0.493 e. The summed E-state index contributed by atoms with van der Waals surface area (Å²) in [5.41, 5.74) is 1.22. The van der Waals surface area contributed by atoms with E-state index in [1.807, 2.05) is 6.92 Å². The Morgan fingerprint density at radius 3 is 2.44 bits per heavy atom. The van der Waals surface area contributed by atoms with Crippen LogP contribution in [0.4, 0.5) is 14.5 Å². The van der Waals surface area contributed by atoms with Crippen molar-refractivity contribution in [3.8, 4) is 5.75 Å². The Bertz CT molecular complexity index is 902. The number of carbonyl (C=O) groups excluding carboxylic acids is 1. The third-order valence-electron chi connectivity index (χ3n) is 3.64. The zero-order valence-electron chi connectivity index (χ0n) is 14.4. The third-order valence-corrected chi connectivity index (χ3v) is 5.28. The molecule has 0 aliphatic carbocycles. The van der Waals surface area contributed by atoms with E-state index >= 15 is 0 Å². The Morgan fingerprint density at radius 2 is 1.85 bits per heavy atom. The molecule has 0 bridgehead atoms. The topological polar surface area (TPSA) is 72.5 Å². The molecule has 0 heterocycles. The van der Waals surface area contributed by atoms with Gasteiger partial charge in [0.15, 0.2) is 0 Å². The smallest absolute Gasteiger partial charge is 0.341 e. The van der Waals surface area contributed by atoms with E-state index in [1.54, 1.807) is 18.2 Å². The van der Waals surface area contributed by atoms with Crippen molar-refractivity contribution in [3.63, 3.8) is 0 Å². The van der Waals surface area contributed by atoms with E-state index in [0.29, 0.717) is 29.5 Å². The van der Waals surface area contributed by atoms with Gasteiger partial charge in [0.2, 0.25) is 15.7 Å². The molecule has 9 heteroatoms. The Hall–Kier alpha value is -2.19. The van der Waals surface area contributed by atoms with Crippen molar-refractivity contribution in [2.45, 2.75) is 30.4 Å². The first kappa shape index (κ1) is 21.1. The van der Waals surface area contributed by atoms with Gasteiger partial charge in [-0.2, -0.15) is 8.78 Å². The van der Waals surface area contributed by atoms with Gasteiger partial charge < -0.3 is 10.1 Å². The van der Waals surface area contributed by atoms with E-state index in [1.165, 1.54) is 12.1 Å². The van der Waals surface area contributed by atoms with Crippen LogP contribution in [0.3, 0.4) is 0 Å². The molecule has 0 unspecified atom stereocenters. The van der Waals surface area contributed by atoms with Gasteiger partial charge >= 0.3 is 5.76 Å². The molecule has 0 fully saturated rings. The Morgan fingerprint density at radius 1 is 1.19 bits per heavy atom. The first-order valence-corrected chi connectivity index (χ1v) is 9.93. The number of carbonyl (C=O) groups is 1. The second-order valence-corrected chi connectivity index (χ2v) is 8.09. The number of amides is 1. The van der Waals surface area contributed by atoms with E-state index in [9.17, 15) is 22.0 Å². The summed E-state index contributed by atoms with van der Waals surface area (Å²) in [6.45, 7) is 2.20. The summed E-state index contributed by atoms with van der Waals surface area (Å²) in [5.74, 6) is -3.09. The highest BCUT2D eigenvalue weighted by atomic mass is 35.5. The van der Waals surface area contributed by atoms with Crippen LogP contribution in [0, 0.1) is 6.92 Å². The summed E-state index contributed by atoms with van der Waals surface area (Å²) < 4.78 is 53.2. The van der Waals surface area contributed by atoms with Crippen molar-refractivity contribution in [1.82, 2.24) is 0 Å². The van der Waals surface area contributed by atoms with Crippen LogP contribution < -0.4 is 10.1 Å². The molecule has 1 amide bonds. The third kappa shape index (κ3) is 5.90. The number of halogens is 3. The van der Waals surface area contributed by atoms with Crippen LogP contribution in [0.25, 0.3) is 0 Å². The second-order valence-electron chi connectivity index (χ2n) is 5.74. The van der Waals surface area contributed by atoms with Gasteiger partial charge in [-0.15, -0.1) is 0 Å². The predicted molar refractivity (Wildman–Crippen MR) is 99.2 cm³/mol. The lowest BCUT2D eigenvalue weighted by Gasteiger charge is -2.10. The maximum Gasteiger partial charge on any atom is 0.341 e. The lowest BCUT2D eigenvalue weighted by atomic mass is 10.2. The fraction of sp³-hybridized carbons (Fsp3) is 0.278. The number of anilines is 1. The van der Waals surface area contributed by atoms with Crippen LogP contribution in [0.2, 0.25) is 5.02 Å². The normalized spacial score (nSPS) is 11.4. The van der Waals surface area contributed by atoms with Crippen molar-refractivity contribution in [2.75, 3.05) is 11.9 Å². The molecule has 2 aromatic carbocycles. The van der Waals surface area contributed by atoms with Gasteiger partial charge in [0.05, 0.1) is 11.5 Å². The highest BCUT2D eigenvalue weighted by Gasteiger charge is 2.26. The van der Waals surface area contributed by atoms with Gasteiger partial charge in [0, 0.05) is 17.1 Å². The number of sulfone groups is 1. The van der Waals surface area contributed by atoms with Crippen molar-refractivity contribution in [1.29, 1.82) is 0 Å². The van der Waals surface area contributed by atoms with Crippen molar-refractivity contribution >= 4 is 33.0 Å². The summed E-state index contributed by atoms with van der Waals surface area (Å²) in [4.78, 5) is 11.4. The molecule has 146 valence electrons. The first-order chi connectivity index (χ1) is 12.7. The zero-order chi connectivity index (χ0) is 20.0. The van der Waals surface area contributed by atoms with Crippen LogP contribution in [-0.2, 0) is 14.6 Å². The van der Waals surface area contributed by atoms with Gasteiger partial charge in [-0.05, 0) is 61.4 Å². The Labute approximate surface area is 161 Å². The number of hydrogen-bond acceptors (Lipinski definition) is 4. The van der Waals surface area contributed by atoms with Crippen LogP contribution in [0.1, 0.15) is 18.4 Å². The minimum atomic E-state index is -4.64. The Balaban J connectivity index is 1.80. The SMILES string of the molecule is Cc1cc(Cl)ccc1OCCCC(=O)Nc1ccc(S(=O)(=O)C(F)F)cc1. The number of aryl methyl sites for hydroxylation is 1. The largest absolute Gasteiger partial charge is 0.493 e. The minimum absolute atomic E-state index is 0.184. The van der Waals surface area contributed by atoms with Crippen molar-refractivity contribution in [3.05, 3.63) is 53.1 Å². The average molecular weight is 418 g/mol. The summed E-state index contributed by atoms with van der Waals surface area (Å²) in [7, 11) is -4.64. The lowest BCUT2D eigenvalue weighted by molar-refractivity contribution is -0.116. The van der Waals surface area contributed by atoms with E-state index in [2.05, 4.69) is 5.32 Å². The molecule has 0 aliphatic heterocycles. The maximum absolute atomic E-state index is 12.5. The molecule has 2 aromatic rings. The highest BCUT2D eigenvalue weighted by Crippen LogP contribution is 2.22. The van der Waals surface area contributed by atoms with Gasteiger partial charge in [-0.25, -0.2) is 8.42 Å². The second kappa shape index (κ2) is 9.14. The summed E-state index contributed by atoms with van der Waals surface area (Å²) in [6.07, 6.45) is 0.648. The van der Waals surface area contributed by atoms with E-state index in [4.69, 9.17) is 16.3 Å². The quantitative estimate of drug-likeness (QED) is 0.644. The summed E-state index contributed by atoms with van der Waals surface area (Å²) in [6, 6.07) is 9.84. The van der Waals surface area contributed by atoms with Crippen LogP contribution >= 0.6 is 11.6 Å². The molecular formula is C18H18ClF2NO4S. The van der Waals surface area contributed by atoms with Gasteiger partial charge in [-0.1, -0.05) is 11.6 Å². The van der Waals surface area contributed by atoms with E-state index < -0.39 is 20.5 Å². The molecule has 1 N–H and O–H groups in total. The summed E-state index contributed by atoms with van der Waals surface area (Å²) >= 11 is 5.87. The number of rotatable bonds is 8. The fourth-order valence-electron chi connectivity index (χ4n) is 2.24. The molecule has 27 heavy (non-hydrogen) atoms. The van der Waals surface area contributed by atoms with Gasteiger partial charge in [-0.3, -0.25) is 4.79 Å². The molecule has 0 radical (unpaired) electrons. The molecule has 5 nitrogen and oxygen atoms in total. The maximum atomic E-state index is 12.5. The molecule has 0 saturated heterocycles. The molecule has 2 rings (SSSR count). The fourth-order valence-corrected chi connectivity index (χ4v) is 3.19. The first-order valence-electron chi connectivity index (χ1n) is 8.01. The number of alkyl halides is 2. The van der Waals surface area contributed by atoms with Crippen molar-refractivity contribution < 1.29 is 26.7 Å². The van der Waals surface area contributed by atoms with Crippen LogP contribution in [-0.4, -0.2) is 26.7 Å². The number of benzene rings is 2. The van der Waals surface area contributed by atoms with Crippen LogP contribution in [0.5, 0.6) is 5.75 Å². The van der Waals surface area contributed by atoms with Gasteiger partial charge in [0.1, 0.15) is 5.75 Å². The molecular weight excluding hydrogens is 400 g/mol. The molecule has 0 atom stereocenters. The van der Waals surface area contributed by atoms with E-state index in [0.717, 1.165) is 17.7 Å². The van der Waals surface area contributed by atoms with E-state index in [-0.39, 0.29) is 12.3 Å². The highest BCUT2D eigenvalue weighted by molar-refractivity contribution is 7.91. The summed E-state index contributed by atoms with van der Waals surface area (Å²) in [5, 5.41) is 3.19. The molecule has 0 saturated carbocycles.